The predicted octanol–water partition coefficient (Wildman–Crippen LogP) is 6.44. The summed E-state index contributed by atoms with van der Waals surface area (Å²) in [5.74, 6) is -1.68. The summed E-state index contributed by atoms with van der Waals surface area (Å²) in [6.07, 6.45) is 18.1. The second-order valence-electron chi connectivity index (χ2n) is 9.12. The number of esters is 2. The molecule has 0 fully saturated rings. The van der Waals surface area contributed by atoms with Crippen LogP contribution in [-0.2, 0) is 19.6 Å². The van der Waals surface area contributed by atoms with Crippen molar-refractivity contribution >= 4 is 29.3 Å². The molecular weight excluding hydrogens is 487 g/mol. The van der Waals surface area contributed by atoms with Crippen molar-refractivity contribution in [2.24, 2.45) is 0 Å². The fraction of sp³-hybridized carbons (Fsp3) is 0.692. The number of ether oxygens (including phenoxy) is 2. The number of carbonyl (C=O) groups excluding carboxylic acids is 2. The Balaban J connectivity index is 0.000000662. The molecule has 0 aliphatic carbocycles. The van der Waals surface area contributed by atoms with Gasteiger partial charge in [-0.05, 0) is 18.2 Å². The SMILES string of the molecule is CCCC[PH](CCCC)(CCCC)CCCC.COC(=O)c1cc(C(=O)OC)cc(S(=O)(=O)O)c1. The molecule has 0 saturated carbocycles. The van der Waals surface area contributed by atoms with E-state index >= 15 is 0 Å². The zero-order valence-electron chi connectivity index (χ0n) is 22.5. The van der Waals surface area contributed by atoms with Gasteiger partial charge in [-0.2, -0.15) is 8.42 Å². The van der Waals surface area contributed by atoms with E-state index in [0.29, 0.717) is 0 Å². The number of methoxy groups -OCH3 is 2. The fourth-order valence-corrected chi connectivity index (χ4v) is 10.6. The maximum absolute atomic E-state index is 11.3. The van der Waals surface area contributed by atoms with Crippen LogP contribution in [0.3, 0.4) is 0 Å². The second kappa shape index (κ2) is 17.9. The Morgan fingerprint density at radius 2 is 1.03 bits per heavy atom. The first-order valence-electron chi connectivity index (χ1n) is 12.8. The smallest absolute Gasteiger partial charge is 0.337 e. The van der Waals surface area contributed by atoms with Gasteiger partial charge >= 0.3 is 123 Å². The van der Waals surface area contributed by atoms with Crippen LogP contribution in [0.25, 0.3) is 0 Å². The number of unbranched alkanes of at least 4 members (excludes halogenated alkanes) is 4. The van der Waals surface area contributed by atoms with Crippen LogP contribution >= 0.6 is 7.26 Å². The summed E-state index contributed by atoms with van der Waals surface area (Å²) in [6.45, 7) is 9.44. The van der Waals surface area contributed by atoms with Crippen LogP contribution in [0.2, 0.25) is 0 Å². The molecule has 0 spiro atoms. The summed E-state index contributed by atoms with van der Waals surface area (Å²) in [5.41, 5.74) is -0.374. The number of hydrogen-bond donors (Lipinski definition) is 1. The quantitative estimate of drug-likeness (QED) is 0.157. The van der Waals surface area contributed by atoms with Crippen molar-refractivity contribution < 1.29 is 32.0 Å². The predicted molar refractivity (Wildman–Crippen MR) is 146 cm³/mol. The Hall–Kier alpha value is -1.50. The Kier molecular flexibility index (Phi) is 17.1. The molecule has 0 amide bonds. The van der Waals surface area contributed by atoms with Crippen molar-refractivity contribution in [3.05, 3.63) is 29.3 Å². The van der Waals surface area contributed by atoms with Crippen molar-refractivity contribution in [3.63, 3.8) is 0 Å². The summed E-state index contributed by atoms with van der Waals surface area (Å²) in [7, 11) is -3.23. The first kappa shape index (κ1) is 33.5. The molecule has 1 aromatic rings. The zero-order chi connectivity index (χ0) is 26.9. The third kappa shape index (κ3) is 12.9. The van der Waals surface area contributed by atoms with Crippen LogP contribution in [0.15, 0.2) is 23.1 Å². The van der Waals surface area contributed by atoms with E-state index in [1.54, 1.807) is 24.6 Å². The number of benzene rings is 1. The average Bonchev–Trinajstić information content (AvgIpc) is 2.86. The first-order valence-corrected chi connectivity index (χ1v) is 17.1. The molecule has 0 atom stereocenters. The van der Waals surface area contributed by atoms with Gasteiger partial charge in [0.05, 0.1) is 30.2 Å². The number of hydrogen-bond acceptors (Lipinski definition) is 6. The van der Waals surface area contributed by atoms with Gasteiger partial charge in [-0.15, -0.1) is 0 Å². The summed E-state index contributed by atoms with van der Waals surface area (Å²) < 4.78 is 39.7. The van der Waals surface area contributed by atoms with E-state index in [9.17, 15) is 18.0 Å². The van der Waals surface area contributed by atoms with Crippen molar-refractivity contribution in [2.75, 3.05) is 38.9 Å². The molecule has 1 N–H and O–H groups in total. The molecule has 0 saturated heterocycles. The van der Waals surface area contributed by atoms with Gasteiger partial charge in [-0.1, -0.05) is 0 Å². The normalized spacial score (nSPS) is 11.9. The van der Waals surface area contributed by atoms with Gasteiger partial charge in [0.1, 0.15) is 0 Å². The van der Waals surface area contributed by atoms with E-state index < -0.39 is 34.2 Å². The molecule has 0 aromatic heterocycles. The van der Waals surface area contributed by atoms with Crippen molar-refractivity contribution in [1.82, 2.24) is 0 Å². The third-order valence-electron chi connectivity index (χ3n) is 6.29. The Morgan fingerprint density at radius 1 is 0.714 bits per heavy atom. The standard InChI is InChI=1S/C16H37P.C10H10O7S/c1-5-9-13-17(14-10-6-2,15-11-7-3)16-12-8-4;1-16-9(11)6-3-7(10(12)17-2)5-8(4-6)18(13,14)15/h17H,5-16H2,1-4H3;3-5H,1-2H3,(H,13,14,15). The number of rotatable bonds is 15. The van der Waals surface area contributed by atoms with Gasteiger partial charge in [0.15, 0.2) is 0 Å². The fourth-order valence-electron chi connectivity index (χ4n) is 4.18. The molecule has 0 unspecified atom stereocenters. The Labute approximate surface area is 213 Å². The molecule has 204 valence electrons. The Morgan fingerprint density at radius 3 is 1.26 bits per heavy atom. The van der Waals surface area contributed by atoms with Crippen LogP contribution in [0.1, 0.15) is 99.8 Å². The van der Waals surface area contributed by atoms with Gasteiger partial charge in [0.2, 0.25) is 0 Å². The molecule has 9 heteroatoms. The van der Waals surface area contributed by atoms with Gasteiger partial charge in [0, 0.05) is 0 Å². The minimum Gasteiger partial charge on any atom is -0.465 e. The van der Waals surface area contributed by atoms with E-state index in [-0.39, 0.29) is 11.1 Å². The molecule has 0 radical (unpaired) electrons. The van der Waals surface area contributed by atoms with Crippen LogP contribution in [0.4, 0.5) is 0 Å². The molecule has 0 heterocycles. The minimum absolute atomic E-state index is 0.187. The van der Waals surface area contributed by atoms with Crippen LogP contribution in [0.5, 0.6) is 0 Å². The topological polar surface area (TPSA) is 107 Å². The summed E-state index contributed by atoms with van der Waals surface area (Å²) in [4.78, 5) is 22.0. The summed E-state index contributed by atoms with van der Waals surface area (Å²) >= 11 is 0. The molecular formula is C26H47O7PS. The van der Waals surface area contributed by atoms with Gasteiger partial charge in [0.25, 0.3) is 10.1 Å². The molecule has 7 nitrogen and oxygen atoms in total. The van der Waals surface area contributed by atoms with Crippen LogP contribution in [-0.4, -0.2) is 63.8 Å². The van der Waals surface area contributed by atoms with E-state index in [1.165, 1.54) is 51.4 Å². The number of carbonyl (C=O) groups is 2. The summed E-state index contributed by atoms with van der Waals surface area (Å²) in [5, 5.41) is 0. The minimum atomic E-state index is -4.55. The molecule has 0 bridgehead atoms. The monoisotopic (exact) mass is 534 g/mol. The van der Waals surface area contributed by atoms with Crippen molar-refractivity contribution in [2.45, 2.75) is 84.0 Å². The molecule has 1 rings (SSSR count). The van der Waals surface area contributed by atoms with E-state index in [4.69, 9.17) is 4.55 Å². The molecule has 1 aromatic carbocycles. The van der Waals surface area contributed by atoms with E-state index in [0.717, 1.165) is 32.4 Å². The van der Waals surface area contributed by atoms with Gasteiger partial charge in [-0.3, -0.25) is 4.55 Å². The van der Waals surface area contributed by atoms with Crippen LogP contribution in [0, 0.1) is 0 Å². The molecule has 0 aliphatic rings. The second-order valence-corrected chi connectivity index (χ2v) is 15.5. The van der Waals surface area contributed by atoms with Gasteiger partial charge in [-0.25, -0.2) is 9.59 Å². The van der Waals surface area contributed by atoms with Crippen LogP contribution < -0.4 is 0 Å². The average molecular weight is 535 g/mol. The molecule has 35 heavy (non-hydrogen) atoms. The first-order chi connectivity index (χ1) is 16.5. The van der Waals surface area contributed by atoms with Crippen molar-refractivity contribution in [1.29, 1.82) is 0 Å². The Bertz CT molecular complexity index is 797. The third-order valence-corrected chi connectivity index (χ3v) is 12.8. The molecule has 0 aliphatic heterocycles. The largest absolute Gasteiger partial charge is 0.465 e. The van der Waals surface area contributed by atoms with Crippen molar-refractivity contribution in [3.8, 4) is 0 Å². The van der Waals surface area contributed by atoms with E-state index in [2.05, 4.69) is 37.2 Å². The van der Waals surface area contributed by atoms with Gasteiger partial charge < -0.3 is 9.47 Å². The maximum Gasteiger partial charge on any atom is 0.337 e. The summed E-state index contributed by atoms with van der Waals surface area (Å²) in [6, 6.07) is 2.90. The zero-order valence-corrected chi connectivity index (χ0v) is 24.3. The maximum atomic E-state index is 11.3. The van der Waals surface area contributed by atoms with E-state index in [1.807, 2.05) is 0 Å².